The summed E-state index contributed by atoms with van der Waals surface area (Å²) in [5, 5.41) is 0. The zero-order valence-electron chi connectivity index (χ0n) is 9.71. The number of rotatable bonds is 2. The SMILES string of the molecule is CC1CCC=C(CN2CCC(I)CC2)C1. The highest BCUT2D eigenvalue weighted by molar-refractivity contribution is 14.1. The Morgan fingerprint density at radius 3 is 2.73 bits per heavy atom. The average molecular weight is 319 g/mol. The summed E-state index contributed by atoms with van der Waals surface area (Å²) in [5.41, 5.74) is 1.71. The number of allylic oxidation sites excluding steroid dienone is 1. The number of likely N-dealkylation sites (tertiary alicyclic amines) is 1. The molecule has 2 aliphatic rings. The molecule has 0 saturated carbocycles. The molecular weight excluding hydrogens is 297 g/mol. The van der Waals surface area contributed by atoms with E-state index in [-0.39, 0.29) is 0 Å². The maximum absolute atomic E-state index is 2.65. The minimum atomic E-state index is 0.923. The molecule has 0 aromatic rings. The second-order valence-electron chi connectivity index (χ2n) is 5.20. The van der Waals surface area contributed by atoms with E-state index in [0.29, 0.717) is 0 Å². The molecule has 1 fully saturated rings. The first-order chi connectivity index (χ1) is 7.24. The lowest BCUT2D eigenvalue weighted by atomic mass is 9.90. The summed E-state index contributed by atoms with van der Waals surface area (Å²) in [6.07, 6.45) is 9.35. The molecule has 0 aromatic heterocycles. The lowest BCUT2D eigenvalue weighted by molar-refractivity contribution is 0.248. The van der Waals surface area contributed by atoms with Gasteiger partial charge in [-0.3, -0.25) is 4.90 Å². The van der Waals surface area contributed by atoms with Crippen molar-refractivity contribution in [3.05, 3.63) is 11.6 Å². The summed E-state index contributed by atoms with van der Waals surface area (Å²) in [4.78, 5) is 2.65. The maximum Gasteiger partial charge on any atom is 0.0192 e. The summed E-state index contributed by atoms with van der Waals surface area (Å²) < 4.78 is 0.929. The molecule has 2 heteroatoms. The number of piperidine rings is 1. The Hall–Kier alpha value is 0.430. The van der Waals surface area contributed by atoms with Gasteiger partial charge in [0.2, 0.25) is 0 Å². The predicted molar refractivity (Wildman–Crippen MR) is 74.6 cm³/mol. The zero-order chi connectivity index (χ0) is 10.7. The highest BCUT2D eigenvalue weighted by atomic mass is 127. The molecular formula is C13H22IN. The van der Waals surface area contributed by atoms with Crippen molar-refractivity contribution in [1.29, 1.82) is 0 Å². The minimum Gasteiger partial charge on any atom is -0.299 e. The molecule has 1 nitrogen and oxygen atoms in total. The smallest absolute Gasteiger partial charge is 0.0192 e. The molecule has 1 saturated heterocycles. The van der Waals surface area contributed by atoms with Crippen LogP contribution in [0.3, 0.4) is 0 Å². The number of alkyl halides is 1. The van der Waals surface area contributed by atoms with Gasteiger partial charge >= 0.3 is 0 Å². The number of halogens is 1. The van der Waals surface area contributed by atoms with Crippen LogP contribution in [0.2, 0.25) is 0 Å². The highest BCUT2D eigenvalue weighted by Crippen LogP contribution is 2.25. The van der Waals surface area contributed by atoms with E-state index in [1.165, 1.54) is 51.7 Å². The minimum absolute atomic E-state index is 0.923. The van der Waals surface area contributed by atoms with Crippen molar-refractivity contribution >= 4 is 22.6 Å². The molecule has 0 amide bonds. The molecule has 0 spiro atoms. The maximum atomic E-state index is 2.65. The summed E-state index contributed by atoms with van der Waals surface area (Å²) in [7, 11) is 0. The highest BCUT2D eigenvalue weighted by Gasteiger charge is 2.19. The molecule has 0 aromatic carbocycles. The van der Waals surface area contributed by atoms with Gasteiger partial charge in [-0.2, -0.15) is 0 Å². The van der Waals surface area contributed by atoms with Gasteiger partial charge in [-0.15, -0.1) is 0 Å². The summed E-state index contributed by atoms with van der Waals surface area (Å²) in [5.74, 6) is 0.923. The van der Waals surface area contributed by atoms with E-state index < -0.39 is 0 Å². The van der Waals surface area contributed by atoms with Gasteiger partial charge in [-0.25, -0.2) is 0 Å². The number of hydrogen-bond donors (Lipinski definition) is 0. The Balaban J connectivity index is 1.79. The molecule has 15 heavy (non-hydrogen) atoms. The Labute approximate surface area is 107 Å². The zero-order valence-corrected chi connectivity index (χ0v) is 11.9. The average Bonchev–Trinajstić information content (AvgIpc) is 2.22. The van der Waals surface area contributed by atoms with Gasteiger partial charge in [0.1, 0.15) is 0 Å². The Kier molecular flexibility index (Phi) is 4.50. The van der Waals surface area contributed by atoms with E-state index in [4.69, 9.17) is 0 Å². The third kappa shape index (κ3) is 3.74. The van der Waals surface area contributed by atoms with Crippen molar-refractivity contribution in [3.63, 3.8) is 0 Å². The topological polar surface area (TPSA) is 3.24 Å². The molecule has 1 aliphatic heterocycles. The van der Waals surface area contributed by atoms with Crippen molar-refractivity contribution in [2.45, 2.75) is 43.0 Å². The van der Waals surface area contributed by atoms with Crippen molar-refractivity contribution in [3.8, 4) is 0 Å². The second-order valence-corrected chi connectivity index (χ2v) is 6.96. The van der Waals surface area contributed by atoms with Crippen LogP contribution in [-0.4, -0.2) is 28.5 Å². The molecule has 1 aliphatic carbocycles. The van der Waals surface area contributed by atoms with Crippen molar-refractivity contribution in [1.82, 2.24) is 4.90 Å². The van der Waals surface area contributed by atoms with Gasteiger partial charge in [0.05, 0.1) is 0 Å². The van der Waals surface area contributed by atoms with E-state index in [1.807, 2.05) is 0 Å². The van der Waals surface area contributed by atoms with Crippen molar-refractivity contribution < 1.29 is 0 Å². The van der Waals surface area contributed by atoms with Crippen LogP contribution in [0.4, 0.5) is 0 Å². The molecule has 1 unspecified atom stereocenters. The van der Waals surface area contributed by atoms with Crippen molar-refractivity contribution in [2.24, 2.45) is 5.92 Å². The fraction of sp³-hybridized carbons (Fsp3) is 0.846. The third-order valence-corrected chi connectivity index (χ3v) is 4.89. The molecule has 0 radical (unpaired) electrons. The van der Waals surface area contributed by atoms with Crippen LogP contribution < -0.4 is 0 Å². The van der Waals surface area contributed by atoms with Crippen LogP contribution in [0, 0.1) is 5.92 Å². The predicted octanol–water partition coefficient (Wildman–Crippen LogP) is 3.63. The standard InChI is InChI=1S/C13H22IN/c1-11-3-2-4-12(9-11)10-15-7-5-13(14)6-8-15/h4,11,13H,2-3,5-10H2,1H3. The summed E-state index contributed by atoms with van der Waals surface area (Å²) in [6.45, 7) is 6.29. The first-order valence-corrected chi connectivity index (χ1v) is 7.53. The molecule has 0 bridgehead atoms. The van der Waals surface area contributed by atoms with E-state index in [9.17, 15) is 0 Å². The van der Waals surface area contributed by atoms with Gasteiger partial charge in [-0.05, 0) is 51.1 Å². The fourth-order valence-electron chi connectivity index (χ4n) is 2.68. The molecule has 86 valence electrons. The summed E-state index contributed by atoms with van der Waals surface area (Å²) >= 11 is 2.60. The van der Waals surface area contributed by atoms with E-state index in [0.717, 1.165) is 9.84 Å². The van der Waals surface area contributed by atoms with Crippen LogP contribution in [0.15, 0.2) is 11.6 Å². The largest absolute Gasteiger partial charge is 0.299 e. The van der Waals surface area contributed by atoms with Gasteiger partial charge in [-0.1, -0.05) is 41.2 Å². The first kappa shape index (κ1) is 11.9. The third-order valence-electron chi connectivity index (χ3n) is 3.65. The molecule has 0 N–H and O–H groups in total. The monoisotopic (exact) mass is 319 g/mol. The second kappa shape index (κ2) is 5.67. The molecule has 1 heterocycles. The van der Waals surface area contributed by atoms with E-state index in [1.54, 1.807) is 5.57 Å². The molecule has 1 atom stereocenters. The summed E-state index contributed by atoms with van der Waals surface area (Å²) in [6, 6.07) is 0. The Morgan fingerprint density at radius 2 is 2.07 bits per heavy atom. The Bertz CT molecular complexity index is 229. The first-order valence-electron chi connectivity index (χ1n) is 6.28. The normalized spacial score (nSPS) is 30.3. The van der Waals surface area contributed by atoms with Crippen LogP contribution in [0.5, 0.6) is 0 Å². The van der Waals surface area contributed by atoms with Gasteiger partial charge < -0.3 is 0 Å². The van der Waals surface area contributed by atoms with Gasteiger partial charge in [0.15, 0.2) is 0 Å². The van der Waals surface area contributed by atoms with Crippen LogP contribution in [-0.2, 0) is 0 Å². The quantitative estimate of drug-likeness (QED) is 0.427. The number of nitrogens with zero attached hydrogens (tertiary/aromatic N) is 1. The lowest BCUT2D eigenvalue weighted by Gasteiger charge is -2.31. The lowest BCUT2D eigenvalue weighted by Crippen LogP contribution is -2.35. The van der Waals surface area contributed by atoms with Gasteiger partial charge in [0, 0.05) is 10.5 Å². The van der Waals surface area contributed by atoms with Crippen LogP contribution >= 0.6 is 22.6 Å². The molecule has 2 rings (SSSR count). The fourth-order valence-corrected chi connectivity index (χ4v) is 3.24. The van der Waals surface area contributed by atoms with E-state index >= 15 is 0 Å². The van der Waals surface area contributed by atoms with Crippen LogP contribution in [0.25, 0.3) is 0 Å². The number of hydrogen-bond acceptors (Lipinski definition) is 1. The van der Waals surface area contributed by atoms with Gasteiger partial charge in [0.25, 0.3) is 0 Å². The van der Waals surface area contributed by atoms with E-state index in [2.05, 4.69) is 40.5 Å². The van der Waals surface area contributed by atoms with Crippen molar-refractivity contribution in [2.75, 3.05) is 19.6 Å². The van der Waals surface area contributed by atoms with Crippen LogP contribution in [0.1, 0.15) is 39.0 Å². The Morgan fingerprint density at radius 1 is 1.33 bits per heavy atom.